The van der Waals surface area contributed by atoms with E-state index in [2.05, 4.69) is 42.8 Å². The fraction of sp³-hybridized carbons (Fsp3) is 0.267. The van der Waals surface area contributed by atoms with Crippen molar-refractivity contribution in [2.75, 3.05) is 0 Å². The summed E-state index contributed by atoms with van der Waals surface area (Å²) in [4.78, 5) is 4.05. The first kappa shape index (κ1) is 12.4. The van der Waals surface area contributed by atoms with Crippen LogP contribution in [0.15, 0.2) is 48.1 Å². The lowest BCUT2D eigenvalue weighted by Gasteiger charge is -2.07. The van der Waals surface area contributed by atoms with E-state index in [0.29, 0.717) is 0 Å². The number of allylic oxidation sites excluding steroid dienone is 2. The van der Waals surface area contributed by atoms with Crippen molar-refractivity contribution in [3.8, 4) is 0 Å². The molecule has 0 aliphatic rings. The normalized spacial score (nSPS) is 11.4. The third-order valence-corrected chi connectivity index (χ3v) is 2.39. The molecule has 1 aromatic rings. The lowest BCUT2D eigenvalue weighted by atomic mass is 9.98. The number of aryl methyl sites for hydroxylation is 1. The molecule has 0 amide bonds. The van der Waals surface area contributed by atoms with Gasteiger partial charge in [0.25, 0.3) is 0 Å². The molecule has 0 heterocycles. The Balaban J connectivity index is 2.89. The molecule has 0 saturated heterocycles. The maximum Gasteiger partial charge on any atom is 0.0269 e. The smallest absolute Gasteiger partial charge is 0.0269 e. The molecule has 16 heavy (non-hydrogen) atoms. The molecule has 0 radical (unpaired) electrons. The van der Waals surface area contributed by atoms with E-state index >= 15 is 0 Å². The summed E-state index contributed by atoms with van der Waals surface area (Å²) in [5, 5.41) is 0. The van der Waals surface area contributed by atoms with E-state index in [9.17, 15) is 0 Å². The molecular formula is C15H19N. The first-order chi connectivity index (χ1) is 7.79. The summed E-state index contributed by atoms with van der Waals surface area (Å²) in [6.45, 7) is 8.17. The molecule has 0 fully saturated rings. The number of benzene rings is 1. The van der Waals surface area contributed by atoms with Crippen molar-refractivity contribution in [1.82, 2.24) is 0 Å². The van der Waals surface area contributed by atoms with Crippen LogP contribution in [0.1, 0.15) is 31.4 Å². The van der Waals surface area contributed by atoms with Gasteiger partial charge in [-0.2, -0.15) is 0 Å². The maximum absolute atomic E-state index is 4.08. The van der Waals surface area contributed by atoms with E-state index in [4.69, 9.17) is 0 Å². The lowest BCUT2D eigenvalue weighted by molar-refractivity contribution is 0.919. The second kappa shape index (κ2) is 6.78. The Hall–Kier alpha value is -1.63. The molecule has 0 spiro atoms. The highest BCUT2D eigenvalue weighted by Crippen LogP contribution is 2.20. The number of nitrogens with zero attached hydrogens (tertiary/aromatic N) is 1. The predicted octanol–water partition coefficient (Wildman–Crippen LogP) is 4.26. The van der Waals surface area contributed by atoms with Crippen molar-refractivity contribution in [2.24, 2.45) is 4.99 Å². The third-order valence-electron chi connectivity index (χ3n) is 2.39. The zero-order valence-corrected chi connectivity index (χ0v) is 10.1. The molecule has 0 saturated carbocycles. The van der Waals surface area contributed by atoms with Crippen LogP contribution in [0.5, 0.6) is 0 Å². The van der Waals surface area contributed by atoms with Crippen LogP contribution in [0.25, 0.3) is 5.57 Å². The van der Waals surface area contributed by atoms with E-state index in [1.807, 2.05) is 13.0 Å². The minimum absolute atomic E-state index is 1.02. The Labute approximate surface area is 98.2 Å². The van der Waals surface area contributed by atoms with Crippen LogP contribution in [0.3, 0.4) is 0 Å². The molecule has 1 rings (SSSR count). The van der Waals surface area contributed by atoms with Gasteiger partial charge in [0, 0.05) is 12.4 Å². The second-order valence-corrected chi connectivity index (χ2v) is 3.66. The van der Waals surface area contributed by atoms with Crippen molar-refractivity contribution >= 4 is 11.8 Å². The van der Waals surface area contributed by atoms with E-state index in [1.165, 1.54) is 11.1 Å². The summed E-state index contributed by atoms with van der Waals surface area (Å²) >= 11 is 0. The van der Waals surface area contributed by atoms with Gasteiger partial charge < -0.3 is 0 Å². The second-order valence-electron chi connectivity index (χ2n) is 3.66. The third kappa shape index (κ3) is 3.50. The molecule has 84 valence electrons. The van der Waals surface area contributed by atoms with Gasteiger partial charge in [-0.1, -0.05) is 44.2 Å². The standard InChI is InChI=1S/C15H19N/c1-4-8-14-9-6-7-10-15(14)13(3)11-12-16-5-2/h5-7,9-12H,3-4,8H2,1-2H3/b12-11-,16-5?. The van der Waals surface area contributed by atoms with Crippen molar-refractivity contribution in [1.29, 1.82) is 0 Å². The van der Waals surface area contributed by atoms with Crippen molar-refractivity contribution in [3.63, 3.8) is 0 Å². The zero-order chi connectivity index (χ0) is 11.8. The Kier molecular flexibility index (Phi) is 5.27. The van der Waals surface area contributed by atoms with Gasteiger partial charge in [0.15, 0.2) is 0 Å². The van der Waals surface area contributed by atoms with Crippen LogP contribution in [-0.4, -0.2) is 6.21 Å². The van der Waals surface area contributed by atoms with Gasteiger partial charge >= 0.3 is 0 Å². The molecule has 0 N–H and O–H groups in total. The molecule has 1 aromatic carbocycles. The SMILES string of the molecule is C=C(/C=C\N=CC)c1ccccc1CCC. The molecule has 0 aliphatic heterocycles. The van der Waals surface area contributed by atoms with Gasteiger partial charge in [0.05, 0.1) is 0 Å². The maximum atomic E-state index is 4.08. The van der Waals surface area contributed by atoms with Gasteiger partial charge in [-0.3, -0.25) is 4.99 Å². The highest BCUT2D eigenvalue weighted by Gasteiger charge is 2.01. The molecule has 1 nitrogen and oxygen atoms in total. The van der Waals surface area contributed by atoms with Gasteiger partial charge in [-0.15, -0.1) is 0 Å². The number of aliphatic imine (C=N–C) groups is 1. The monoisotopic (exact) mass is 213 g/mol. The van der Waals surface area contributed by atoms with Gasteiger partial charge in [0.2, 0.25) is 0 Å². The van der Waals surface area contributed by atoms with E-state index in [-0.39, 0.29) is 0 Å². The predicted molar refractivity (Wildman–Crippen MR) is 72.8 cm³/mol. The minimum Gasteiger partial charge on any atom is -0.269 e. The number of hydrogen-bond acceptors (Lipinski definition) is 1. The highest BCUT2D eigenvalue weighted by atomic mass is 14.6. The largest absolute Gasteiger partial charge is 0.269 e. The lowest BCUT2D eigenvalue weighted by Crippen LogP contribution is -1.90. The summed E-state index contributed by atoms with van der Waals surface area (Å²) in [6.07, 6.45) is 7.75. The summed E-state index contributed by atoms with van der Waals surface area (Å²) < 4.78 is 0. The first-order valence-corrected chi connectivity index (χ1v) is 5.71. The van der Waals surface area contributed by atoms with Crippen molar-refractivity contribution in [3.05, 3.63) is 54.2 Å². The van der Waals surface area contributed by atoms with Crippen LogP contribution in [-0.2, 0) is 6.42 Å². The number of hydrogen-bond donors (Lipinski definition) is 0. The fourth-order valence-corrected chi connectivity index (χ4v) is 1.63. The van der Waals surface area contributed by atoms with Gasteiger partial charge in [0.1, 0.15) is 0 Å². The van der Waals surface area contributed by atoms with Crippen molar-refractivity contribution in [2.45, 2.75) is 26.7 Å². The van der Waals surface area contributed by atoms with Crippen LogP contribution in [0, 0.1) is 0 Å². The Bertz CT molecular complexity index is 400. The van der Waals surface area contributed by atoms with Crippen molar-refractivity contribution < 1.29 is 0 Å². The summed E-state index contributed by atoms with van der Waals surface area (Å²) in [5.74, 6) is 0. The van der Waals surface area contributed by atoms with E-state index < -0.39 is 0 Å². The molecule has 0 unspecified atom stereocenters. The Morgan fingerprint density at radius 3 is 2.81 bits per heavy atom. The molecule has 0 atom stereocenters. The van der Waals surface area contributed by atoms with Crippen LogP contribution >= 0.6 is 0 Å². The zero-order valence-electron chi connectivity index (χ0n) is 10.1. The van der Waals surface area contributed by atoms with Crippen LogP contribution < -0.4 is 0 Å². The average Bonchev–Trinajstić information content (AvgIpc) is 2.30. The Morgan fingerprint density at radius 2 is 2.12 bits per heavy atom. The molecule has 1 heteroatoms. The quantitative estimate of drug-likeness (QED) is 0.512. The molecule has 0 aromatic heterocycles. The molecular weight excluding hydrogens is 194 g/mol. The van der Waals surface area contributed by atoms with E-state index in [1.54, 1.807) is 12.4 Å². The molecule has 0 aliphatic carbocycles. The van der Waals surface area contributed by atoms with Gasteiger partial charge in [-0.05, 0) is 36.1 Å². The van der Waals surface area contributed by atoms with Crippen LogP contribution in [0.2, 0.25) is 0 Å². The average molecular weight is 213 g/mol. The van der Waals surface area contributed by atoms with E-state index in [0.717, 1.165) is 18.4 Å². The summed E-state index contributed by atoms with van der Waals surface area (Å²) in [7, 11) is 0. The number of rotatable bonds is 5. The summed E-state index contributed by atoms with van der Waals surface area (Å²) in [6, 6.07) is 8.42. The first-order valence-electron chi connectivity index (χ1n) is 5.71. The fourth-order valence-electron chi connectivity index (χ4n) is 1.63. The topological polar surface area (TPSA) is 12.4 Å². The van der Waals surface area contributed by atoms with Gasteiger partial charge in [-0.25, -0.2) is 0 Å². The summed E-state index contributed by atoms with van der Waals surface area (Å²) in [5.41, 5.74) is 3.61. The van der Waals surface area contributed by atoms with Crippen LogP contribution in [0.4, 0.5) is 0 Å². The highest BCUT2D eigenvalue weighted by molar-refractivity contribution is 5.74. The Morgan fingerprint density at radius 1 is 1.38 bits per heavy atom. The minimum atomic E-state index is 1.02. The molecule has 0 bridgehead atoms.